The third-order valence-corrected chi connectivity index (χ3v) is 5.94. The van der Waals surface area contributed by atoms with Crippen LogP contribution in [0.4, 0.5) is 18.0 Å². The summed E-state index contributed by atoms with van der Waals surface area (Å²) in [5, 5.41) is 1.36. The van der Waals surface area contributed by atoms with Gasteiger partial charge in [0.25, 0.3) is 5.24 Å². The van der Waals surface area contributed by atoms with Crippen molar-refractivity contribution in [3.05, 3.63) is 65.2 Å². The molecule has 1 N–H and O–H groups in total. The van der Waals surface area contributed by atoms with Gasteiger partial charge in [-0.15, -0.1) is 0 Å². The minimum atomic E-state index is -4.54. The number of carbonyl (C=O) groups is 3. The number of esters is 1. The molecular formula is C24H24F3NO5S. The average Bonchev–Trinajstić information content (AvgIpc) is 3.07. The molecular weight excluding hydrogens is 471 g/mol. The van der Waals surface area contributed by atoms with Crippen molar-refractivity contribution in [3.63, 3.8) is 0 Å². The maximum Gasteiger partial charge on any atom is 0.416 e. The average molecular weight is 496 g/mol. The van der Waals surface area contributed by atoms with E-state index in [9.17, 15) is 27.6 Å². The Balaban J connectivity index is 1.72. The molecule has 1 fully saturated rings. The number of thioether (sulfide) groups is 1. The topological polar surface area (TPSA) is 81.7 Å². The number of halogens is 3. The maximum absolute atomic E-state index is 13.2. The molecule has 34 heavy (non-hydrogen) atoms. The second-order valence-electron chi connectivity index (χ2n) is 8.81. The first-order chi connectivity index (χ1) is 15.8. The summed E-state index contributed by atoms with van der Waals surface area (Å²) in [6.45, 7) is 4.75. The Morgan fingerprint density at radius 3 is 2.32 bits per heavy atom. The van der Waals surface area contributed by atoms with E-state index in [2.05, 4.69) is 5.32 Å². The quantitative estimate of drug-likeness (QED) is 0.525. The monoisotopic (exact) mass is 495 g/mol. The van der Waals surface area contributed by atoms with Gasteiger partial charge in [0.05, 0.1) is 16.2 Å². The summed E-state index contributed by atoms with van der Waals surface area (Å²) in [5.74, 6) is -0.497. The van der Waals surface area contributed by atoms with E-state index in [0.717, 1.165) is 29.5 Å². The highest BCUT2D eigenvalue weighted by atomic mass is 32.2. The first-order valence-corrected chi connectivity index (χ1v) is 11.3. The SMILES string of the molecule is CC(C)(C)C(=O)OC(COc1ccc(CC2SC(=O)NC2=O)cc1)c1cccc(C(F)(F)F)c1. The lowest BCUT2D eigenvalue weighted by Gasteiger charge is -2.24. The van der Waals surface area contributed by atoms with Crippen LogP contribution >= 0.6 is 11.8 Å². The standard InChI is InChI=1S/C24H24F3NO5S/c1-23(2,3)21(30)33-18(15-5-4-6-16(12-15)24(25,26)27)13-32-17-9-7-14(8-10-17)11-19-20(29)28-22(31)34-19/h4-10,12,18-19H,11,13H2,1-3H3,(H,28,29,31). The van der Waals surface area contributed by atoms with Crippen molar-refractivity contribution in [2.24, 2.45) is 5.41 Å². The van der Waals surface area contributed by atoms with Gasteiger partial charge in [0.15, 0.2) is 6.10 Å². The van der Waals surface area contributed by atoms with Gasteiger partial charge in [-0.05, 0) is 62.6 Å². The van der Waals surface area contributed by atoms with Gasteiger partial charge in [0.2, 0.25) is 5.91 Å². The first-order valence-electron chi connectivity index (χ1n) is 10.4. The molecule has 10 heteroatoms. The van der Waals surface area contributed by atoms with E-state index in [1.165, 1.54) is 12.1 Å². The number of rotatable bonds is 7. The highest BCUT2D eigenvalue weighted by molar-refractivity contribution is 8.15. The molecule has 0 bridgehead atoms. The molecule has 0 spiro atoms. The third kappa shape index (κ3) is 6.75. The molecule has 2 aromatic carbocycles. The van der Waals surface area contributed by atoms with E-state index in [1.807, 2.05) is 0 Å². The largest absolute Gasteiger partial charge is 0.489 e. The smallest absolute Gasteiger partial charge is 0.416 e. The van der Waals surface area contributed by atoms with Crippen molar-refractivity contribution < 1.29 is 37.0 Å². The lowest BCUT2D eigenvalue weighted by atomic mass is 9.97. The molecule has 182 valence electrons. The Morgan fingerprint density at radius 2 is 1.76 bits per heavy atom. The number of hydrogen-bond donors (Lipinski definition) is 1. The molecule has 1 heterocycles. The Morgan fingerprint density at radius 1 is 1.09 bits per heavy atom. The molecule has 2 atom stereocenters. The molecule has 1 aliphatic heterocycles. The molecule has 3 rings (SSSR count). The summed E-state index contributed by atoms with van der Waals surface area (Å²) < 4.78 is 50.8. The fraction of sp³-hybridized carbons (Fsp3) is 0.375. The van der Waals surface area contributed by atoms with E-state index in [1.54, 1.807) is 45.0 Å². The lowest BCUT2D eigenvalue weighted by Crippen LogP contribution is -2.27. The van der Waals surface area contributed by atoms with Crippen LogP contribution in [0.1, 0.15) is 43.6 Å². The molecule has 0 aromatic heterocycles. The molecule has 2 aromatic rings. The number of alkyl halides is 3. The van der Waals surface area contributed by atoms with Gasteiger partial charge in [0.1, 0.15) is 12.4 Å². The summed E-state index contributed by atoms with van der Waals surface area (Å²) in [5.41, 5.74) is -0.729. The van der Waals surface area contributed by atoms with Crippen molar-refractivity contribution in [1.29, 1.82) is 0 Å². The van der Waals surface area contributed by atoms with Crippen molar-refractivity contribution in [3.8, 4) is 5.75 Å². The van der Waals surface area contributed by atoms with E-state index in [-0.39, 0.29) is 23.3 Å². The van der Waals surface area contributed by atoms with Gasteiger partial charge in [-0.3, -0.25) is 19.7 Å². The molecule has 0 aliphatic carbocycles. The highest BCUT2D eigenvalue weighted by Crippen LogP contribution is 2.32. The van der Waals surface area contributed by atoms with Crippen LogP contribution in [0.5, 0.6) is 5.75 Å². The zero-order chi connectivity index (χ0) is 25.1. The van der Waals surface area contributed by atoms with E-state index in [4.69, 9.17) is 9.47 Å². The minimum Gasteiger partial charge on any atom is -0.489 e. The van der Waals surface area contributed by atoms with Crippen LogP contribution in [0.2, 0.25) is 0 Å². The minimum absolute atomic E-state index is 0.165. The zero-order valence-corrected chi connectivity index (χ0v) is 19.6. The number of benzene rings is 2. The van der Waals surface area contributed by atoms with E-state index < -0.39 is 34.5 Å². The van der Waals surface area contributed by atoms with Crippen molar-refractivity contribution in [1.82, 2.24) is 5.32 Å². The molecule has 2 unspecified atom stereocenters. The molecule has 0 saturated carbocycles. The number of imide groups is 1. The van der Waals surface area contributed by atoms with Crippen molar-refractivity contribution in [2.75, 3.05) is 6.61 Å². The van der Waals surface area contributed by atoms with Crippen molar-refractivity contribution >= 4 is 28.9 Å². The van der Waals surface area contributed by atoms with Crippen LogP contribution in [0.25, 0.3) is 0 Å². The van der Waals surface area contributed by atoms with Crippen LogP contribution in [0.3, 0.4) is 0 Å². The number of carbonyl (C=O) groups excluding carboxylic acids is 3. The summed E-state index contributed by atoms with van der Waals surface area (Å²) in [6.07, 6.45) is -5.23. The Hall–Kier alpha value is -3.01. The second kappa shape index (κ2) is 10.1. The van der Waals surface area contributed by atoms with Crippen LogP contribution in [-0.4, -0.2) is 29.0 Å². The zero-order valence-electron chi connectivity index (χ0n) is 18.8. The van der Waals surface area contributed by atoms with Crippen LogP contribution in [0, 0.1) is 5.41 Å². The maximum atomic E-state index is 13.2. The van der Waals surface area contributed by atoms with Gasteiger partial charge >= 0.3 is 12.1 Å². The first kappa shape index (κ1) is 25.6. The predicted octanol–water partition coefficient (Wildman–Crippen LogP) is 5.31. The summed E-state index contributed by atoms with van der Waals surface area (Å²) >= 11 is 0.935. The third-order valence-electron chi connectivity index (χ3n) is 4.96. The van der Waals surface area contributed by atoms with Crippen molar-refractivity contribution in [2.45, 2.75) is 44.7 Å². The Kier molecular flexibility index (Phi) is 7.60. The second-order valence-corrected chi connectivity index (χ2v) is 9.98. The van der Waals surface area contributed by atoms with Crippen LogP contribution in [-0.2, 0) is 26.9 Å². The number of hydrogen-bond acceptors (Lipinski definition) is 6. The summed E-state index contributed by atoms with van der Waals surface area (Å²) in [6, 6.07) is 11.3. The van der Waals surface area contributed by atoms with Gasteiger partial charge < -0.3 is 9.47 Å². The molecule has 1 saturated heterocycles. The molecule has 2 amide bonds. The summed E-state index contributed by atoms with van der Waals surface area (Å²) in [7, 11) is 0. The molecule has 6 nitrogen and oxygen atoms in total. The summed E-state index contributed by atoms with van der Waals surface area (Å²) in [4.78, 5) is 35.5. The van der Waals surface area contributed by atoms with E-state index >= 15 is 0 Å². The molecule has 0 radical (unpaired) electrons. The number of amides is 2. The fourth-order valence-electron chi connectivity index (χ4n) is 3.05. The normalized spacial score (nSPS) is 17.3. The Labute approximate surface area is 199 Å². The predicted molar refractivity (Wildman–Crippen MR) is 120 cm³/mol. The van der Waals surface area contributed by atoms with E-state index in [0.29, 0.717) is 12.2 Å². The Bertz CT molecular complexity index is 1060. The van der Waals surface area contributed by atoms with Crippen LogP contribution < -0.4 is 10.1 Å². The highest BCUT2D eigenvalue weighted by Gasteiger charge is 2.33. The number of ether oxygens (including phenoxy) is 2. The van der Waals surface area contributed by atoms with Gasteiger partial charge in [-0.1, -0.05) is 36.0 Å². The number of nitrogens with one attached hydrogen (secondary N) is 1. The lowest BCUT2D eigenvalue weighted by molar-refractivity contribution is -0.160. The van der Waals surface area contributed by atoms with Gasteiger partial charge in [-0.2, -0.15) is 13.2 Å². The van der Waals surface area contributed by atoms with Crippen LogP contribution in [0.15, 0.2) is 48.5 Å². The fourth-order valence-corrected chi connectivity index (χ4v) is 3.91. The molecule has 1 aliphatic rings. The van der Waals surface area contributed by atoms with Gasteiger partial charge in [-0.25, -0.2) is 0 Å². The van der Waals surface area contributed by atoms with Gasteiger partial charge in [0, 0.05) is 0 Å².